The summed E-state index contributed by atoms with van der Waals surface area (Å²) in [5.74, 6) is -0.705. The number of hydrogen-bond donors (Lipinski definition) is 2. The highest BCUT2D eigenvalue weighted by molar-refractivity contribution is 7.10. The van der Waals surface area contributed by atoms with Gasteiger partial charge in [-0.1, -0.05) is 12.1 Å². The summed E-state index contributed by atoms with van der Waals surface area (Å²) in [6, 6.07) is 6.77. The molecule has 5 nitrogen and oxygen atoms in total. The Labute approximate surface area is 161 Å². The molecule has 1 aromatic carbocycles. The van der Waals surface area contributed by atoms with Crippen LogP contribution in [-0.4, -0.2) is 35.8 Å². The zero-order chi connectivity index (χ0) is 18.8. The van der Waals surface area contributed by atoms with E-state index >= 15 is 0 Å². The molecule has 0 saturated carbocycles. The molecule has 0 aliphatic carbocycles. The van der Waals surface area contributed by atoms with Crippen LogP contribution in [0.15, 0.2) is 29.6 Å². The van der Waals surface area contributed by atoms with E-state index in [0.29, 0.717) is 37.9 Å². The third-order valence-electron chi connectivity index (χ3n) is 5.25. The molecule has 0 spiro atoms. The monoisotopic (exact) mass is 387 g/mol. The summed E-state index contributed by atoms with van der Waals surface area (Å²) in [4.78, 5) is 28.0. The van der Waals surface area contributed by atoms with Crippen LogP contribution in [-0.2, 0) is 29.0 Å². The Morgan fingerprint density at radius 1 is 1.33 bits per heavy atom. The number of rotatable bonds is 4. The Morgan fingerprint density at radius 2 is 2.22 bits per heavy atom. The minimum Gasteiger partial charge on any atom is -0.330 e. The normalized spacial score (nSPS) is 19.0. The first-order valence-electron chi connectivity index (χ1n) is 9.27. The van der Waals surface area contributed by atoms with Gasteiger partial charge in [0, 0.05) is 18.0 Å². The van der Waals surface area contributed by atoms with Crippen LogP contribution in [0.4, 0.5) is 10.1 Å². The average Bonchev–Trinajstić information content (AvgIpc) is 3.36. The standard InChI is InChI=1S/C20H22FN3O2S/c21-19-15-7-8-22-12-13(15)5-6-16(19)23-20(26)17-4-1-9-24(17)18(25)11-14-3-2-10-27-14/h2-3,5-6,10,17,22H,1,4,7-9,11-12H2,(H,23,26). The van der Waals surface area contributed by atoms with E-state index in [-0.39, 0.29) is 23.3 Å². The number of thiophene rings is 1. The Kier molecular flexibility index (Phi) is 5.22. The van der Waals surface area contributed by atoms with Crippen molar-refractivity contribution in [3.63, 3.8) is 0 Å². The quantitative estimate of drug-likeness (QED) is 0.848. The van der Waals surface area contributed by atoms with Crippen molar-refractivity contribution in [2.24, 2.45) is 0 Å². The number of hydrogen-bond acceptors (Lipinski definition) is 4. The van der Waals surface area contributed by atoms with E-state index in [1.807, 2.05) is 23.6 Å². The third kappa shape index (κ3) is 3.75. The predicted octanol–water partition coefficient (Wildman–Crippen LogP) is 2.71. The van der Waals surface area contributed by atoms with Gasteiger partial charge in [0.15, 0.2) is 0 Å². The summed E-state index contributed by atoms with van der Waals surface area (Å²) < 4.78 is 14.8. The maximum absolute atomic E-state index is 14.8. The highest BCUT2D eigenvalue weighted by atomic mass is 32.1. The molecule has 2 aromatic rings. The van der Waals surface area contributed by atoms with Crippen molar-refractivity contribution >= 4 is 28.8 Å². The lowest BCUT2D eigenvalue weighted by Gasteiger charge is -2.25. The Morgan fingerprint density at radius 3 is 3.04 bits per heavy atom. The number of carbonyl (C=O) groups excluding carboxylic acids is 2. The summed E-state index contributed by atoms with van der Waals surface area (Å²) in [5, 5.41) is 7.87. The molecule has 4 rings (SSSR count). The molecule has 0 radical (unpaired) electrons. The molecule has 2 aliphatic rings. The van der Waals surface area contributed by atoms with Crippen LogP contribution in [0.3, 0.4) is 0 Å². The molecule has 27 heavy (non-hydrogen) atoms. The van der Waals surface area contributed by atoms with Gasteiger partial charge >= 0.3 is 0 Å². The van der Waals surface area contributed by atoms with E-state index in [9.17, 15) is 14.0 Å². The molecule has 3 heterocycles. The van der Waals surface area contributed by atoms with Gasteiger partial charge in [-0.3, -0.25) is 9.59 Å². The van der Waals surface area contributed by atoms with Gasteiger partial charge in [0.1, 0.15) is 11.9 Å². The zero-order valence-electron chi connectivity index (χ0n) is 15.0. The van der Waals surface area contributed by atoms with E-state index < -0.39 is 6.04 Å². The number of halogens is 1. The molecular weight excluding hydrogens is 365 g/mol. The van der Waals surface area contributed by atoms with Crippen LogP contribution >= 0.6 is 11.3 Å². The molecule has 2 amide bonds. The molecule has 0 bridgehead atoms. The second-order valence-electron chi connectivity index (χ2n) is 6.98. The molecule has 1 saturated heterocycles. The number of carbonyl (C=O) groups is 2. The first kappa shape index (κ1) is 18.1. The molecule has 2 N–H and O–H groups in total. The van der Waals surface area contributed by atoms with Crippen molar-refractivity contribution in [1.82, 2.24) is 10.2 Å². The number of likely N-dealkylation sites (tertiary alicyclic amines) is 1. The largest absolute Gasteiger partial charge is 0.330 e. The molecular formula is C20H22FN3O2S. The molecule has 2 aliphatic heterocycles. The van der Waals surface area contributed by atoms with E-state index in [0.717, 1.165) is 23.4 Å². The molecule has 1 fully saturated rings. The van der Waals surface area contributed by atoms with Crippen molar-refractivity contribution < 1.29 is 14.0 Å². The van der Waals surface area contributed by atoms with Crippen LogP contribution in [0.25, 0.3) is 0 Å². The van der Waals surface area contributed by atoms with Gasteiger partial charge < -0.3 is 15.5 Å². The fourth-order valence-corrected chi connectivity index (χ4v) is 4.54. The smallest absolute Gasteiger partial charge is 0.247 e. The predicted molar refractivity (Wildman–Crippen MR) is 103 cm³/mol. The van der Waals surface area contributed by atoms with Gasteiger partial charge in [0.25, 0.3) is 0 Å². The van der Waals surface area contributed by atoms with Gasteiger partial charge in [-0.25, -0.2) is 4.39 Å². The van der Waals surface area contributed by atoms with Crippen LogP contribution in [0.5, 0.6) is 0 Å². The summed E-state index contributed by atoms with van der Waals surface area (Å²) >= 11 is 1.53. The number of nitrogens with zero attached hydrogens (tertiary/aromatic N) is 1. The lowest BCUT2D eigenvalue weighted by Crippen LogP contribution is -2.43. The molecule has 1 unspecified atom stereocenters. The van der Waals surface area contributed by atoms with E-state index in [1.165, 1.54) is 11.3 Å². The number of nitrogens with one attached hydrogen (secondary N) is 2. The maximum atomic E-state index is 14.8. The van der Waals surface area contributed by atoms with Crippen LogP contribution in [0.1, 0.15) is 28.8 Å². The van der Waals surface area contributed by atoms with Crippen molar-refractivity contribution in [2.75, 3.05) is 18.4 Å². The SMILES string of the molecule is O=C(Nc1ccc2c(c1F)CCNC2)C1CCCN1C(=O)Cc1cccs1. The first-order valence-corrected chi connectivity index (χ1v) is 10.1. The summed E-state index contributed by atoms with van der Waals surface area (Å²) in [6.45, 7) is 1.95. The minimum absolute atomic E-state index is 0.0490. The zero-order valence-corrected chi connectivity index (χ0v) is 15.8. The lowest BCUT2D eigenvalue weighted by atomic mass is 9.99. The van der Waals surface area contributed by atoms with E-state index in [4.69, 9.17) is 0 Å². The van der Waals surface area contributed by atoms with Gasteiger partial charge in [-0.05, 0) is 54.4 Å². The fraction of sp³-hybridized carbons (Fsp3) is 0.400. The molecule has 1 atom stereocenters. The molecule has 1 aromatic heterocycles. The second kappa shape index (κ2) is 7.78. The van der Waals surface area contributed by atoms with Crippen molar-refractivity contribution in [1.29, 1.82) is 0 Å². The van der Waals surface area contributed by atoms with Crippen LogP contribution < -0.4 is 10.6 Å². The van der Waals surface area contributed by atoms with Gasteiger partial charge in [-0.2, -0.15) is 0 Å². The van der Waals surface area contributed by atoms with E-state index in [2.05, 4.69) is 10.6 Å². The highest BCUT2D eigenvalue weighted by Crippen LogP contribution is 2.26. The van der Waals surface area contributed by atoms with Crippen LogP contribution in [0.2, 0.25) is 0 Å². The number of amides is 2. The summed E-state index contributed by atoms with van der Waals surface area (Å²) in [7, 11) is 0. The van der Waals surface area contributed by atoms with Crippen molar-refractivity contribution in [3.05, 3.63) is 51.5 Å². The molecule has 7 heteroatoms. The molecule has 142 valence electrons. The van der Waals surface area contributed by atoms with Gasteiger partial charge in [0.05, 0.1) is 12.1 Å². The van der Waals surface area contributed by atoms with E-state index in [1.54, 1.807) is 11.0 Å². The Balaban J connectivity index is 1.46. The van der Waals surface area contributed by atoms with Crippen LogP contribution in [0, 0.1) is 5.82 Å². The number of benzene rings is 1. The minimum atomic E-state index is -0.533. The van der Waals surface area contributed by atoms with Crippen molar-refractivity contribution in [2.45, 2.75) is 38.3 Å². The van der Waals surface area contributed by atoms with Gasteiger partial charge in [0.2, 0.25) is 11.8 Å². The van der Waals surface area contributed by atoms with Gasteiger partial charge in [-0.15, -0.1) is 11.3 Å². The first-order chi connectivity index (χ1) is 13.1. The van der Waals surface area contributed by atoms with Crippen molar-refractivity contribution in [3.8, 4) is 0 Å². The Hall–Kier alpha value is -2.25. The highest BCUT2D eigenvalue weighted by Gasteiger charge is 2.34. The third-order valence-corrected chi connectivity index (χ3v) is 6.12. The summed E-state index contributed by atoms with van der Waals surface area (Å²) in [6.07, 6.45) is 2.31. The number of fused-ring (bicyclic) bond motifs is 1. The number of anilines is 1. The fourth-order valence-electron chi connectivity index (χ4n) is 3.85. The Bertz CT molecular complexity index is 853. The maximum Gasteiger partial charge on any atom is 0.247 e. The second-order valence-corrected chi connectivity index (χ2v) is 8.01. The topological polar surface area (TPSA) is 61.4 Å². The average molecular weight is 387 g/mol. The lowest BCUT2D eigenvalue weighted by molar-refractivity contribution is -0.136. The summed E-state index contributed by atoms with van der Waals surface area (Å²) in [5.41, 5.74) is 1.81.